The smallest absolute Gasteiger partial charge is 0.338 e. The van der Waals surface area contributed by atoms with E-state index in [1.807, 2.05) is 0 Å². The number of amides is 1. The van der Waals surface area contributed by atoms with Crippen molar-refractivity contribution in [1.29, 1.82) is 0 Å². The summed E-state index contributed by atoms with van der Waals surface area (Å²) in [6.45, 7) is 0.617. The topological polar surface area (TPSA) is 84.6 Å². The minimum atomic E-state index is -4.50. The van der Waals surface area contributed by atoms with Crippen LogP contribution in [0, 0.1) is 0 Å². The van der Waals surface area contributed by atoms with Gasteiger partial charge >= 0.3 is 6.18 Å². The highest BCUT2D eigenvalue weighted by atomic mass is 32.2. The number of nitrogens with zero attached hydrogens (tertiary/aromatic N) is 4. The van der Waals surface area contributed by atoms with Gasteiger partial charge in [-0.25, -0.2) is 8.42 Å². The third kappa shape index (κ3) is 4.14. The monoisotopic (exact) mass is 452 g/mol. The van der Waals surface area contributed by atoms with Gasteiger partial charge in [-0.3, -0.25) is 9.20 Å². The molecule has 0 aliphatic carbocycles. The van der Waals surface area contributed by atoms with Gasteiger partial charge in [0.05, 0.1) is 16.0 Å². The normalized spacial score (nSPS) is 17.8. The molecule has 1 aliphatic heterocycles. The third-order valence-corrected chi connectivity index (χ3v) is 6.50. The van der Waals surface area contributed by atoms with Crippen molar-refractivity contribution >= 4 is 21.4 Å². The Morgan fingerprint density at radius 3 is 2.58 bits per heavy atom. The minimum absolute atomic E-state index is 0.0510. The number of alkyl halides is 3. The fourth-order valence-corrected chi connectivity index (χ4v) is 4.74. The molecular weight excluding hydrogens is 433 g/mol. The molecule has 2 aromatic heterocycles. The summed E-state index contributed by atoms with van der Waals surface area (Å²) in [5, 5.41) is 8.03. The Morgan fingerprint density at radius 2 is 1.87 bits per heavy atom. The average Bonchev–Trinajstić information content (AvgIpc) is 3.15. The van der Waals surface area contributed by atoms with Crippen LogP contribution in [0.4, 0.5) is 13.2 Å². The Balaban J connectivity index is 1.65. The molecule has 1 unspecified atom stereocenters. The van der Waals surface area contributed by atoms with Crippen molar-refractivity contribution in [2.75, 3.05) is 19.3 Å². The van der Waals surface area contributed by atoms with Crippen LogP contribution in [0.1, 0.15) is 40.5 Å². The van der Waals surface area contributed by atoms with Crippen LogP contribution in [-0.2, 0) is 16.0 Å². The molecule has 7 nitrogen and oxygen atoms in total. The molecule has 31 heavy (non-hydrogen) atoms. The highest BCUT2D eigenvalue weighted by Crippen LogP contribution is 2.32. The largest absolute Gasteiger partial charge is 0.417 e. The van der Waals surface area contributed by atoms with E-state index < -0.39 is 27.5 Å². The number of rotatable bonds is 3. The van der Waals surface area contributed by atoms with Crippen LogP contribution < -0.4 is 0 Å². The fraction of sp³-hybridized carbons (Fsp3) is 0.350. The number of likely N-dealkylation sites (tertiary alicyclic amines) is 1. The lowest BCUT2D eigenvalue weighted by Gasteiger charge is -2.32. The number of benzene rings is 1. The van der Waals surface area contributed by atoms with Gasteiger partial charge in [0.15, 0.2) is 15.5 Å². The molecule has 3 heterocycles. The summed E-state index contributed by atoms with van der Waals surface area (Å²) < 4.78 is 64.8. The first-order chi connectivity index (χ1) is 14.6. The zero-order valence-electron chi connectivity index (χ0n) is 16.5. The Labute approximate surface area is 176 Å². The molecule has 0 bridgehead atoms. The van der Waals surface area contributed by atoms with Gasteiger partial charge < -0.3 is 4.90 Å². The average molecular weight is 452 g/mol. The maximum atomic E-state index is 13.1. The van der Waals surface area contributed by atoms with Crippen LogP contribution in [-0.4, -0.2) is 53.2 Å². The number of carbonyl (C=O) groups is 1. The molecule has 4 rings (SSSR count). The second kappa shape index (κ2) is 7.63. The zero-order chi connectivity index (χ0) is 22.4. The summed E-state index contributed by atoms with van der Waals surface area (Å²) in [5.74, 6) is -0.424. The van der Waals surface area contributed by atoms with Crippen LogP contribution in [0.15, 0.2) is 47.5 Å². The van der Waals surface area contributed by atoms with E-state index in [-0.39, 0.29) is 28.6 Å². The van der Waals surface area contributed by atoms with E-state index in [9.17, 15) is 26.4 Å². The maximum Gasteiger partial charge on any atom is 0.417 e. The molecule has 11 heteroatoms. The lowest BCUT2D eigenvalue weighted by molar-refractivity contribution is -0.137. The molecule has 1 amide bonds. The number of piperidine rings is 1. The van der Waals surface area contributed by atoms with Crippen molar-refractivity contribution < 1.29 is 26.4 Å². The van der Waals surface area contributed by atoms with Crippen LogP contribution in [0.2, 0.25) is 0 Å². The summed E-state index contributed by atoms with van der Waals surface area (Å²) >= 11 is 0. The molecule has 1 atom stereocenters. The quantitative estimate of drug-likeness (QED) is 0.610. The highest BCUT2D eigenvalue weighted by molar-refractivity contribution is 7.90. The summed E-state index contributed by atoms with van der Waals surface area (Å²) in [6.07, 6.45) is -1.28. The Hall–Kier alpha value is -2.95. The van der Waals surface area contributed by atoms with Gasteiger partial charge in [-0.05, 0) is 37.1 Å². The van der Waals surface area contributed by atoms with Gasteiger partial charge in [0.2, 0.25) is 0 Å². The van der Waals surface area contributed by atoms with Gasteiger partial charge in [-0.15, -0.1) is 10.2 Å². The van der Waals surface area contributed by atoms with Gasteiger partial charge in [0, 0.05) is 31.5 Å². The lowest BCUT2D eigenvalue weighted by Crippen LogP contribution is -2.40. The predicted molar refractivity (Wildman–Crippen MR) is 105 cm³/mol. The Kier molecular flexibility index (Phi) is 5.24. The Bertz CT molecular complexity index is 1250. The second-order valence-corrected chi connectivity index (χ2v) is 9.54. The SMILES string of the molecule is CS(=O)(=O)c1ccccc1C(=O)N1CCCC(c2nnc3ccc(C(F)(F)F)cn23)C1. The lowest BCUT2D eigenvalue weighted by atomic mass is 9.96. The van der Waals surface area contributed by atoms with Gasteiger partial charge in [0.25, 0.3) is 5.91 Å². The molecule has 0 spiro atoms. The third-order valence-electron chi connectivity index (χ3n) is 5.35. The molecule has 0 N–H and O–H groups in total. The highest BCUT2D eigenvalue weighted by Gasteiger charge is 2.33. The minimum Gasteiger partial charge on any atom is -0.338 e. The first kappa shape index (κ1) is 21.3. The fourth-order valence-electron chi connectivity index (χ4n) is 3.86. The predicted octanol–water partition coefficient (Wildman–Crippen LogP) is 3.17. The Morgan fingerprint density at radius 1 is 1.13 bits per heavy atom. The number of carbonyl (C=O) groups excluding carboxylic acids is 1. The summed E-state index contributed by atoms with van der Waals surface area (Å²) in [7, 11) is -3.60. The summed E-state index contributed by atoms with van der Waals surface area (Å²) in [4.78, 5) is 14.6. The van der Waals surface area contributed by atoms with Crippen LogP contribution >= 0.6 is 0 Å². The number of halogens is 3. The maximum absolute atomic E-state index is 13.1. The molecular formula is C20H19F3N4O3S. The summed E-state index contributed by atoms with van der Waals surface area (Å²) in [5.41, 5.74) is -0.447. The van der Waals surface area contributed by atoms with Gasteiger partial charge in [-0.1, -0.05) is 12.1 Å². The second-order valence-electron chi connectivity index (χ2n) is 7.56. The van der Waals surface area contributed by atoms with E-state index in [4.69, 9.17) is 0 Å². The van der Waals surface area contributed by atoms with Crippen LogP contribution in [0.5, 0.6) is 0 Å². The van der Waals surface area contributed by atoms with Gasteiger partial charge in [-0.2, -0.15) is 13.2 Å². The number of hydrogen-bond acceptors (Lipinski definition) is 5. The van der Waals surface area contributed by atoms with Crippen molar-refractivity contribution in [1.82, 2.24) is 19.5 Å². The molecule has 1 aromatic carbocycles. The zero-order valence-corrected chi connectivity index (χ0v) is 17.3. The number of aromatic nitrogens is 3. The molecule has 0 saturated carbocycles. The van der Waals surface area contributed by atoms with E-state index >= 15 is 0 Å². The molecule has 1 saturated heterocycles. The van der Waals surface area contributed by atoms with Crippen LogP contribution in [0.3, 0.4) is 0 Å². The first-order valence-electron chi connectivity index (χ1n) is 9.56. The van der Waals surface area contributed by atoms with E-state index in [0.29, 0.717) is 25.2 Å². The van der Waals surface area contributed by atoms with Crippen molar-refractivity contribution in [3.05, 3.63) is 59.5 Å². The van der Waals surface area contributed by atoms with Crippen molar-refractivity contribution in [2.45, 2.75) is 29.8 Å². The molecule has 164 valence electrons. The van der Waals surface area contributed by atoms with Gasteiger partial charge in [0.1, 0.15) is 5.82 Å². The number of sulfone groups is 1. The molecule has 0 radical (unpaired) electrons. The number of fused-ring (bicyclic) bond motifs is 1. The number of pyridine rings is 1. The molecule has 1 fully saturated rings. The van der Waals surface area contributed by atoms with Crippen molar-refractivity contribution in [3.8, 4) is 0 Å². The van der Waals surface area contributed by atoms with E-state index in [2.05, 4.69) is 10.2 Å². The van der Waals surface area contributed by atoms with Crippen LogP contribution in [0.25, 0.3) is 5.65 Å². The summed E-state index contributed by atoms with van der Waals surface area (Å²) in [6, 6.07) is 8.19. The van der Waals surface area contributed by atoms with E-state index in [0.717, 1.165) is 18.5 Å². The number of hydrogen-bond donors (Lipinski definition) is 0. The van der Waals surface area contributed by atoms with E-state index in [1.165, 1.54) is 27.5 Å². The van der Waals surface area contributed by atoms with Crippen molar-refractivity contribution in [2.24, 2.45) is 0 Å². The molecule has 3 aromatic rings. The first-order valence-corrected chi connectivity index (χ1v) is 11.4. The molecule has 1 aliphatic rings. The standard InChI is InChI=1S/C20H19F3N4O3S/c1-31(29,30)16-7-3-2-6-15(16)19(28)26-10-4-5-13(11-26)18-25-24-17-9-8-14(12-27(17)18)20(21,22)23/h2-3,6-9,12-13H,4-5,10-11H2,1H3. The van der Waals surface area contributed by atoms with Crippen molar-refractivity contribution in [3.63, 3.8) is 0 Å². The van der Waals surface area contributed by atoms with E-state index in [1.54, 1.807) is 12.1 Å².